The molecule has 0 aromatic carbocycles. The molecule has 4 nitrogen and oxygen atoms in total. The van der Waals surface area contributed by atoms with Gasteiger partial charge in [0, 0.05) is 18.5 Å². The van der Waals surface area contributed by atoms with Crippen molar-refractivity contribution < 1.29 is 15.3 Å². The fourth-order valence-electron chi connectivity index (χ4n) is 3.03. The van der Waals surface area contributed by atoms with E-state index in [1.807, 2.05) is 0 Å². The molecule has 3 atom stereocenters. The largest absolute Gasteiger partial charge is 0.378 e. The molecule has 156 valence electrons. The van der Waals surface area contributed by atoms with Crippen LogP contribution in [0.3, 0.4) is 0 Å². The fraction of sp³-hybridized carbons (Fsp3) is 1.00. The number of likely N-dealkylation sites (tertiary alicyclic amines) is 1. The standard InChI is InChI=1S/C14H29NO3.6CH4/c1-4-12(15-7-5-6-13(15)16)9-11(14(17)18)8-10(2)3;;;;;;/h10-14,16-18H,4-9H2,1-3H3;6*1H4. The Kier molecular flexibility index (Phi) is 31.2. The van der Waals surface area contributed by atoms with Gasteiger partial charge in [0.2, 0.25) is 0 Å². The molecule has 1 aliphatic heterocycles. The molecule has 1 fully saturated rings. The lowest BCUT2D eigenvalue weighted by molar-refractivity contribution is -0.101. The summed E-state index contributed by atoms with van der Waals surface area (Å²) in [6, 6.07) is 0.257. The first-order chi connectivity index (χ1) is 8.45. The summed E-state index contributed by atoms with van der Waals surface area (Å²) in [6.45, 7) is 7.23. The van der Waals surface area contributed by atoms with Crippen molar-refractivity contribution in [1.82, 2.24) is 4.90 Å². The van der Waals surface area contributed by atoms with Crippen LogP contribution in [0.1, 0.15) is 97.4 Å². The van der Waals surface area contributed by atoms with Gasteiger partial charge in [0.25, 0.3) is 0 Å². The van der Waals surface area contributed by atoms with E-state index in [0.717, 1.165) is 38.6 Å². The van der Waals surface area contributed by atoms with E-state index in [-0.39, 0.29) is 62.7 Å². The Morgan fingerprint density at radius 2 is 1.46 bits per heavy atom. The molecule has 4 heteroatoms. The van der Waals surface area contributed by atoms with Gasteiger partial charge in [-0.1, -0.05) is 65.3 Å². The normalized spacial score (nSPS) is 18.8. The van der Waals surface area contributed by atoms with Gasteiger partial charge < -0.3 is 15.3 Å². The molecule has 0 aliphatic carbocycles. The summed E-state index contributed by atoms with van der Waals surface area (Å²) in [7, 11) is 0. The Hall–Kier alpha value is -0.160. The van der Waals surface area contributed by atoms with E-state index >= 15 is 0 Å². The highest BCUT2D eigenvalue weighted by atomic mass is 16.5. The van der Waals surface area contributed by atoms with Crippen LogP contribution in [0.4, 0.5) is 0 Å². The van der Waals surface area contributed by atoms with Gasteiger partial charge in [-0.05, 0) is 38.0 Å². The Morgan fingerprint density at radius 1 is 0.958 bits per heavy atom. The average Bonchev–Trinajstić information content (AvgIpc) is 2.70. The van der Waals surface area contributed by atoms with Crippen molar-refractivity contribution >= 4 is 0 Å². The van der Waals surface area contributed by atoms with Crippen LogP contribution in [0.25, 0.3) is 0 Å². The van der Waals surface area contributed by atoms with E-state index in [1.165, 1.54) is 0 Å². The summed E-state index contributed by atoms with van der Waals surface area (Å²) in [5, 5.41) is 28.9. The minimum Gasteiger partial charge on any atom is -0.378 e. The minimum atomic E-state index is -1.25. The van der Waals surface area contributed by atoms with Gasteiger partial charge in [0.1, 0.15) is 6.23 Å². The molecule has 24 heavy (non-hydrogen) atoms. The fourth-order valence-corrected chi connectivity index (χ4v) is 3.03. The van der Waals surface area contributed by atoms with E-state index in [2.05, 4.69) is 25.7 Å². The van der Waals surface area contributed by atoms with Crippen LogP contribution in [0.15, 0.2) is 0 Å². The molecule has 0 radical (unpaired) electrons. The number of hydrogen-bond acceptors (Lipinski definition) is 4. The van der Waals surface area contributed by atoms with Crippen LogP contribution < -0.4 is 0 Å². The Bertz CT molecular complexity index is 235. The van der Waals surface area contributed by atoms with Crippen molar-refractivity contribution in [3.8, 4) is 0 Å². The quantitative estimate of drug-likeness (QED) is 0.538. The molecular formula is C20H53NO3. The van der Waals surface area contributed by atoms with Crippen molar-refractivity contribution in [3.05, 3.63) is 0 Å². The molecule has 0 amide bonds. The van der Waals surface area contributed by atoms with E-state index in [4.69, 9.17) is 0 Å². The summed E-state index contributed by atoms with van der Waals surface area (Å²) < 4.78 is 0. The van der Waals surface area contributed by atoms with Crippen molar-refractivity contribution in [3.63, 3.8) is 0 Å². The maximum Gasteiger partial charge on any atom is 0.154 e. The molecule has 3 N–H and O–H groups in total. The smallest absolute Gasteiger partial charge is 0.154 e. The predicted molar refractivity (Wildman–Crippen MR) is 112 cm³/mol. The van der Waals surface area contributed by atoms with Crippen LogP contribution in [0, 0.1) is 11.8 Å². The highest BCUT2D eigenvalue weighted by molar-refractivity contribution is 4.81. The van der Waals surface area contributed by atoms with Gasteiger partial charge in [0.05, 0.1) is 0 Å². The number of aliphatic hydroxyl groups excluding tert-OH is 2. The summed E-state index contributed by atoms with van der Waals surface area (Å²) in [5.41, 5.74) is 0. The highest BCUT2D eigenvalue weighted by Gasteiger charge is 2.31. The Labute approximate surface area is 155 Å². The maximum absolute atomic E-state index is 9.92. The van der Waals surface area contributed by atoms with Crippen molar-refractivity contribution in [2.45, 2.75) is 116 Å². The summed E-state index contributed by atoms with van der Waals surface area (Å²) in [5.74, 6) is 0.362. The summed E-state index contributed by atoms with van der Waals surface area (Å²) >= 11 is 0. The molecule has 1 saturated heterocycles. The zero-order valence-electron chi connectivity index (χ0n) is 11.9. The van der Waals surface area contributed by atoms with E-state index < -0.39 is 6.29 Å². The molecule has 1 heterocycles. The van der Waals surface area contributed by atoms with E-state index in [1.54, 1.807) is 0 Å². The minimum absolute atomic E-state index is 0. The first kappa shape index (κ1) is 39.1. The monoisotopic (exact) mass is 355 g/mol. The van der Waals surface area contributed by atoms with Gasteiger partial charge in [-0.25, -0.2) is 0 Å². The van der Waals surface area contributed by atoms with Gasteiger partial charge in [-0.15, -0.1) is 0 Å². The summed E-state index contributed by atoms with van der Waals surface area (Å²) in [6.07, 6.45) is 2.80. The molecule has 0 aromatic rings. The molecule has 1 aliphatic rings. The van der Waals surface area contributed by atoms with Crippen LogP contribution in [-0.2, 0) is 0 Å². The number of rotatable bonds is 7. The molecule has 0 aromatic heterocycles. The maximum atomic E-state index is 9.92. The molecule has 0 spiro atoms. The summed E-state index contributed by atoms with van der Waals surface area (Å²) in [4.78, 5) is 2.12. The van der Waals surface area contributed by atoms with Crippen LogP contribution in [0.2, 0.25) is 0 Å². The topological polar surface area (TPSA) is 63.9 Å². The van der Waals surface area contributed by atoms with E-state index in [0.29, 0.717) is 5.92 Å². The second-order valence-corrected chi connectivity index (χ2v) is 5.96. The number of hydrogen-bond donors (Lipinski definition) is 3. The molecule has 1 rings (SSSR count). The molecular weight excluding hydrogens is 302 g/mol. The van der Waals surface area contributed by atoms with Crippen LogP contribution in [-0.4, -0.2) is 45.3 Å². The lowest BCUT2D eigenvalue weighted by Crippen LogP contribution is -2.41. The second kappa shape index (κ2) is 19.2. The molecule has 0 bridgehead atoms. The van der Waals surface area contributed by atoms with Gasteiger partial charge in [-0.3, -0.25) is 4.90 Å². The van der Waals surface area contributed by atoms with Crippen molar-refractivity contribution in [2.75, 3.05) is 6.54 Å². The third kappa shape index (κ3) is 12.2. The van der Waals surface area contributed by atoms with Gasteiger partial charge >= 0.3 is 0 Å². The third-order valence-corrected chi connectivity index (χ3v) is 3.97. The number of aliphatic hydroxyl groups is 3. The third-order valence-electron chi connectivity index (χ3n) is 3.97. The SMILES string of the molecule is C.C.C.C.C.C.CCC(CC(CC(C)C)C(O)O)N1CCCC1O. The van der Waals surface area contributed by atoms with E-state index in [9.17, 15) is 15.3 Å². The Balaban J connectivity index is -0.000000135. The zero-order chi connectivity index (χ0) is 13.7. The van der Waals surface area contributed by atoms with Crippen molar-refractivity contribution in [1.29, 1.82) is 0 Å². The Morgan fingerprint density at radius 3 is 1.75 bits per heavy atom. The highest BCUT2D eigenvalue weighted by Crippen LogP contribution is 2.27. The van der Waals surface area contributed by atoms with Gasteiger partial charge in [0.15, 0.2) is 6.29 Å². The van der Waals surface area contributed by atoms with Crippen LogP contribution in [0.5, 0.6) is 0 Å². The lowest BCUT2D eigenvalue weighted by Gasteiger charge is -2.33. The zero-order valence-corrected chi connectivity index (χ0v) is 11.9. The molecule has 3 unspecified atom stereocenters. The number of nitrogens with zero attached hydrogens (tertiary/aromatic N) is 1. The average molecular weight is 356 g/mol. The first-order valence-corrected chi connectivity index (χ1v) is 7.25. The second-order valence-electron chi connectivity index (χ2n) is 5.96. The van der Waals surface area contributed by atoms with Crippen LogP contribution >= 0.6 is 0 Å². The molecule has 0 saturated carbocycles. The first-order valence-electron chi connectivity index (χ1n) is 7.25. The predicted octanol–water partition coefficient (Wildman–Crippen LogP) is 5.36. The van der Waals surface area contributed by atoms with Crippen molar-refractivity contribution in [2.24, 2.45) is 11.8 Å². The lowest BCUT2D eigenvalue weighted by atomic mass is 9.89. The van der Waals surface area contributed by atoms with Gasteiger partial charge in [-0.2, -0.15) is 0 Å².